The van der Waals surface area contributed by atoms with E-state index in [-0.39, 0.29) is 5.91 Å². The maximum atomic E-state index is 12.5. The maximum Gasteiger partial charge on any atom is 0.272 e. The SMILES string of the molecule is O=C(c1ccccn1)N1C[C@@H]2CN(Cc3cccnc3)C[C@H]2C1. The molecule has 2 saturated heterocycles. The second-order valence-electron chi connectivity index (χ2n) is 6.50. The third-order valence-electron chi connectivity index (χ3n) is 4.86. The Balaban J connectivity index is 1.36. The van der Waals surface area contributed by atoms with Gasteiger partial charge in [-0.05, 0) is 35.6 Å². The van der Waals surface area contributed by atoms with Crippen LogP contribution < -0.4 is 0 Å². The Morgan fingerprint density at radius 1 is 1.04 bits per heavy atom. The lowest BCUT2D eigenvalue weighted by Crippen LogP contribution is -2.33. The van der Waals surface area contributed by atoms with Gasteiger partial charge < -0.3 is 4.90 Å². The van der Waals surface area contributed by atoms with Gasteiger partial charge in [0.25, 0.3) is 5.91 Å². The zero-order valence-electron chi connectivity index (χ0n) is 13.0. The highest BCUT2D eigenvalue weighted by Crippen LogP contribution is 2.32. The van der Waals surface area contributed by atoms with E-state index in [4.69, 9.17) is 0 Å². The fraction of sp³-hybridized carbons (Fsp3) is 0.389. The van der Waals surface area contributed by atoms with Crippen LogP contribution >= 0.6 is 0 Å². The third kappa shape index (κ3) is 2.97. The van der Waals surface area contributed by atoms with Crippen LogP contribution in [0.15, 0.2) is 48.9 Å². The molecule has 0 aromatic carbocycles. The first-order chi connectivity index (χ1) is 11.3. The minimum atomic E-state index is 0.0683. The average Bonchev–Trinajstić information content (AvgIpc) is 3.14. The summed E-state index contributed by atoms with van der Waals surface area (Å²) in [6.07, 6.45) is 5.42. The molecule has 5 nitrogen and oxygen atoms in total. The molecule has 0 saturated carbocycles. The van der Waals surface area contributed by atoms with Crippen molar-refractivity contribution in [3.05, 3.63) is 60.2 Å². The number of likely N-dealkylation sites (tertiary alicyclic amines) is 2. The van der Waals surface area contributed by atoms with Crippen molar-refractivity contribution in [2.24, 2.45) is 11.8 Å². The van der Waals surface area contributed by atoms with Gasteiger partial charge >= 0.3 is 0 Å². The van der Waals surface area contributed by atoms with E-state index in [1.165, 1.54) is 5.56 Å². The summed E-state index contributed by atoms with van der Waals surface area (Å²) < 4.78 is 0. The van der Waals surface area contributed by atoms with E-state index in [1.54, 1.807) is 12.3 Å². The van der Waals surface area contributed by atoms with Crippen LogP contribution in [0.1, 0.15) is 16.1 Å². The van der Waals surface area contributed by atoms with Gasteiger partial charge in [-0.15, -0.1) is 0 Å². The number of aromatic nitrogens is 2. The molecule has 4 heterocycles. The molecule has 0 radical (unpaired) electrons. The fourth-order valence-corrected chi connectivity index (χ4v) is 3.79. The molecule has 2 aromatic rings. The van der Waals surface area contributed by atoms with Gasteiger partial charge in [0.2, 0.25) is 0 Å². The lowest BCUT2D eigenvalue weighted by Gasteiger charge is -2.21. The molecule has 5 heteroatoms. The molecule has 0 N–H and O–H groups in total. The molecular weight excluding hydrogens is 288 g/mol. The number of nitrogens with zero attached hydrogens (tertiary/aromatic N) is 4. The van der Waals surface area contributed by atoms with Gasteiger partial charge in [-0.1, -0.05) is 12.1 Å². The highest BCUT2D eigenvalue weighted by molar-refractivity contribution is 5.92. The van der Waals surface area contributed by atoms with Gasteiger partial charge in [0.05, 0.1) is 0 Å². The van der Waals surface area contributed by atoms with Gasteiger partial charge in [-0.25, -0.2) is 0 Å². The van der Waals surface area contributed by atoms with Gasteiger partial charge in [0.1, 0.15) is 5.69 Å². The van der Waals surface area contributed by atoms with Crippen LogP contribution in [0.4, 0.5) is 0 Å². The number of hydrogen-bond acceptors (Lipinski definition) is 4. The fourth-order valence-electron chi connectivity index (χ4n) is 3.79. The molecule has 0 bridgehead atoms. The number of amides is 1. The summed E-state index contributed by atoms with van der Waals surface area (Å²) in [5, 5.41) is 0. The lowest BCUT2D eigenvalue weighted by molar-refractivity contribution is 0.0767. The summed E-state index contributed by atoms with van der Waals surface area (Å²) in [7, 11) is 0. The molecule has 4 rings (SSSR count). The molecule has 0 spiro atoms. The van der Waals surface area contributed by atoms with E-state index in [2.05, 4.69) is 20.9 Å². The van der Waals surface area contributed by atoms with Crippen molar-refractivity contribution in [1.29, 1.82) is 0 Å². The third-order valence-corrected chi connectivity index (χ3v) is 4.86. The van der Waals surface area contributed by atoms with Crippen LogP contribution in [0.25, 0.3) is 0 Å². The topological polar surface area (TPSA) is 49.3 Å². The summed E-state index contributed by atoms with van der Waals surface area (Å²) >= 11 is 0. The maximum absolute atomic E-state index is 12.5. The van der Waals surface area contributed by atoms with Crippen molar-refractivity contribution < 1.29 is 4.79 Å². The molecule has 0 aliphatic carbocycles. The van der Waals surface area contributed by atoms with Crippen molar-refractivity contribution >= 4 is 5.91 Å². The normalized spacial score (nSPS) is 23.9. The Labute approximate surface area is 136 Å². The van der Waals surface area contributed by atoms with Crippen LogP contribution in [0.5, 0.6) is 0 Å². The largest absolute Gasteiger partial charge is 0.337 e. The number of fused-ring (bicyclic) bond motifs is 1. The number of rotatable bonds is 3. The van der Waals surface area contributed by atoms with Crippen molar-refractivity contribution in [3.8, 4) is 0 Å². The predicted molar refractivity (Wildman–Crippen MR) is 86.6 cm³/mol. The number of carbonyl (C=O) groups is 1. The van der Waals surface area contributed by atoms with Gasteiger partial charge in [0, 0.05) is 51.3 Å². The Kier molecular flexibility index (Phi) is 3.79. The summed E-state index contributed by atoms with van der Waals surface area (Å²) in [6.45, 7) is 4.78. The van der Waals surface area contributed by atoms with Crippen molar-refractivity contribution in [2.75, 3.05) is 26.2 Å². The smallest absolute Gasteiger partial charge is 0.272 e. The first-order valence-corrected chi connectivity index (χ1v) is 8.11. The zero-order chi connectivity index (χ0) is 15.6. The summed E-state index contributed by atoms with van der Waals surface area (Å²) in [4.78, 5) is 25.3. The molecule has 118 valence electrons. The summed E-state index contributed by atoms with van der Waals surface area (Å²) in [5.41, 5.74) is 1.81. The highest BCUT2D eigenvalue weighted by atomic mass is 16.2. The van der Waals surface area contributed by atoms with Crippen LogP contribution in [-0.4, -0.2) is 51.9 Å². The number of hydrogen-bond donors (Lipinski definition) is 0. The van der Waals surface area contributed by atoms with Gasteiger partial charge in [-0.2, -0.15) is 0 Å². The summed E-state index contributed by atoms with van der Waals surface area (Å²) in [6, 6.07) is 9.61. The van der Waals surface area contributed by atoms with Crippen LogP contribution in [0.3, 0.4) is 0 Å². The summed E-state index contributed by atoms with van der Waals surface area (Å²) in [5.74, 6) is 1.23. The van der Waals surface area contributed by atoms with Gasteiger partial charge in [-0.3, -0.25) is 19.7 Å². The van der Waals surface area contributed by atoms with E-state index in [9.17, 15) is 4.79 Å². The predicted octanol–water partition coefficient (Wildman–Crippen LogP) is 1.68. The zero-order valence-corrected chi connectivity index (χ0v) is 13.0. The van der Waals surface area contributed by atoms with Crippen molar-refractivity contribution in [1.82, 2.24) is 19.8 Å². The molecule has 2 fully saturated rings. The first kappa shape index (κ1) is 14.3. The Morgan fingerprint density at radius 3 is 2.52 bits per heavy atom. The van der Waals surface area contributed by atoms with Gasteiger partial charge in [0.15, 0.2) is 0 Å². The van der Waals surface area contributed by atoms with E-state index < -0.39 is 0 Å². The first-order valence-electron chi connectivity index (χ1n) is 8.11. The Bertz CT molecular complexity index is 662. The minimum Gasteiger partial charge on any atom is -0.337 e. The van der Waals surface area contributed by atoms with Crippen LogP contribution in [0, 0.1) is 11.8 Å². The van der Waals surface area contributed by atoms with Crippen LogP contribution in [-0.2, 0) is 6.54 Å². The molecule has 2 atom stereocenters. The van der Waals surface area contributed by atoms with E-state index in [0.717, 1.165) is 32.7 Å². The molecule has 2 aromatic heterocycles. The Hall–Kier alpha value is -2.27. The minimum absolute atomic E-state index is 0.0683. The van der Waals surface area contributed by atoms with Crippen LogP contribution in [0.2, 0.25) is 0 Å². The standard InChI is InChI=1S/C18H20N4O/c23-18(17-5-1-2-7-20-17)22-12-15-10-21(11-16(15)13-22)9-14-4-3-6-19-8-14/h1-8,15-16H,9-13H2/t15-,16-/m0/s1. The molecule has 0 unspecified atom stereocenters. The molecule has 23 heavy (non-hydrogen) atoms. The monoisotopic (exact) mass is 308 g/mol. The van der Waals surface area contributed by atoms with Crippen molar-refractivity contribution in [3.63, 3.8) is 0 Å². The second kappa shape index (κ2) is 6.08. The van der Waals surface area contributed by atoms with E-state index in [1.807, 2.05) is 35.5 Å². The molecular formula is C18H20N4O. The number of carbonyl (C=O) groups excluding carboxylic acids is 1. The van der Waals surface area contributed by atoms with E-state index >= 15 is 0 Å². The lowest BCUT2D eigenvalue weighted by atomic mass is 10.0. The second-order valence-corrected chi connectivity index (χ2v) is 6.50. The number of pyridine rings is 2. The quantitative estimate of drug-likeness (QED) is 0.865. The van der Waals surface area contributed by atoms with E-state index in [0.29, 0.717) is 17.5 Å². The molecule has 1 amide bonds. The highest BCUT2D eigenvalue weighted by Gasteiger charge is 2.41. The average molecular weight is 308 g/mol. The molecule has 2 aliphatic heterocycles. The van der Waals surface area contributed by atoms with Crippen molar-refractivity contribution in [2.45, 2.75) is 6.54 Å². The Morgan fingerprint density at radius 2 is 1.87 bits per heavy atom. The molecule has 2 aliphatic rings.